The highest BCUT2D eigenvalue weighted by Gasteiger charge is 2.13. The standard InChI is InChI=1S/C17H20N6OS/c1-3-5-15-21-22-17(25-15)14-7-4-6-13(8-14)16(24)20-12(2)9-23-11-18-10-19-23/h4,6-8,10-12H,3,5,9H2,1-2H3,(H,20,24). The van der Waals surface area contributed by atoms with Crippen molar-refractivity contribution < 1.29 is 4.79 Å². The number of hydrogen-bond donors (Lipinski definition) is 1. The molecule has 1 unspecified atom stereocenters. The minimum Gasteiger partial charge on any atom is -0.348 e. The molecule has 2 heterocycles. The predicted octanol–water partition coefficient (Wildman–Crippen LogP) is 2.57. The first kappa shape index (κ1) is 17.2. The average Bonchev–Trinajstić information content (AvgIpc) is 3.27. The highest BCUT2D eigenvalue weighted by atomic mass is 32.1. The fourth-order valence-corrected chi connectivity index (χ4v) is 3.38. The molecular weight excluding hydrogens is 336 g/mol. The van der Waals surface area contributed by atoms with E-state index in [9.17, 15) is 4.79 Å². The van der Waals surface area contributed by atoms with Gasteiger partial charge in [0, 0.05) is 23.6 Å². The van der Waals surface area contributed by atoms with Gasteiger partial charge >= 0.3 is 0 Å². The Hall–Kier alpha value is -2.61. The van der Waals surface area contributed by atoms with E-state index in [1.54, 1.807) is 28.4 Å². The highest BCUT2D eigenvalue weighted by Crippen LogP contribution is 2.25. The lowest BCUT2D eigenvalue weighted by molar-refractivity contribution is 0.0936. The van der Waals surface area contributed by atoms with Gasteiger partial charge in [-0.3, -0.25) is 9.48 Å². The van der Waals surface area contributed by atoms with Crippen molar-refractivity contribution in [3.05, 3.63) is 47.5 Å². The zero-order valence-electron chi connectivity index (χ0n) is 14.2. The first-order chi connectivity index (χ1) is 12.2. The van der Waals surface area contributed by atoms with Gasteiger partial charge in [0.2, 0.25) is 0 Å². The fraction of sp³-hybridized carbons (Fsp3) is 0.353. The second kappa shape index (κ2) is 7.98. The van der Waals surface area contributed by atoms with Gasteiger partial charge < -0.3 is 5.32 Å². The molecule has 0 radical (unpaired) electrons. The molecule has 0 aliphatic carbocycles. The molecule has 2 aromatic heterocycles. The summed E-state index contributed by atoms with van der Waals surface area (Å²) in [5.74, 6) is -0.118. The van der Waals surface area contributed by atoms with Gasteiger partial charge in [-0.1, -0.05) is 30.4 Å². The Balaban J connectivity index is 1.68. The second-order valence-corrected chi connectivity index (χ2v) is 6.89. The maximum absolute atomic E-state index is 12.5. The number of aryl methyl sites for hydroxylation is 1. The van der Waals surface area contributed by atoms with E-state index in [-0.39, 0.29) is 11.9 Å². The van der Waals surface area contributed by atoms with Crippen LogP contribution in [0.5, 0.6) is 0 Å². The van der Waals surface area contributed by atoms with Gasteiger partial charge in [0.05, 0.1) is 6.54 Å². The smallest absolute Gasteiger partial charge is 0.251 e. The van der Waals surface area contributed by atoms with Crippen molar-refractivity contribution in [2.45, 2.75) is 39.3 Å². The van der Waals surface area contributed by atoms with Crippen molar-refractivity contribution >= 4 is 17.2 Å². The third-order valence-electron chi connectivity index (χ3n) is 3.61. The van der Waals surface area contributed by atoms with Crippen LogP contribution in [0.15, 0.2) is 36.9 Å². The van der Waals surface area contributed by atoms with E-state index in [0.717, 1.165) is 28.4 Å². The van der Waals surface area contributed by atoms with Crippen LogP contribution in [0.25, 0.3) is 10.6 Å². The van der Waals surface area contributed by atoms with Gasteiger partial charge in [0.15, 0.2) is 0 Å². The third-order valence-corrected chi connectivity index (χ3v) is 4.64. The summed E-state index contributed by atoms with van der Waals surface area (Å²) in [4.78, 5) is 16.4. The molecule has 7 nitrogen and oxygen atoms in total. The van der Waals surface area contributed by atoms with E-state index >= 15 is 0 Å². The third kappa shape index (κ3) is 4.48. The van der Waals surface area contributed by atoms with Gasteiger partial charge in [-0.2, -0.15) is 5.10 Å². The monoisotopic (exact) mass is 356 g/mol. The summed E-state index contributed by atoms with van der Waals surface area (Å²) in [6.07, 6.45) is 5.08. The number of carbonyl (C=O) groups is 1. The molecule has 0 spiro atoms. The average molecular weight is 356 g/mol. The van der Waals surface area contributed by atoms with E-state index in [2.05, 4.69) is 32.5 Å². The maximum Gasteiger partial charge on any atom is 0.251 e. The zero-order valence-corrected chi connectivity index (χ0v) is 15.0. The van der Waals surface area contributed by atoms with Crippen molar-refractivity contribution in [1.29, 1.82) is 0 Å². The first-order valence-electron chi connectivity index (χ1n) is 8.21. The molecule has 130 valence electrons. The van der Waals surface area contributed by atoms with Crippen LogP contribution in [0.4, 0.5) is 0 Å². The number of aromatic nitrogens is 5. The summed E-state index contributed by atoms with van der Waals surface area (Å²) in [7, 11) is 0. The summed E-state index contributed by atoms with van der Waals surface area (Å²) in [5.41, 5.74) is 1.52. The molecular formula is C17H20N6OS. The molecule has 0 aliphatic rings. The number of carbonyl (C=O) groups excluding carboxylic acids is 1. The Morgan fingerprint density at radius 2 is 2.24 bits per heavy atom. The Morgan fingerprint density at radius 1 is 1.36 bits per heavy atom. The van der Waals surface area contributed by atoms with Gasteiger partial charge in [-0.25, -0.2) is 4.98 Å². The molecule has 1 aromatic carbocycles. The molecule has 1 amide bonds. The Bertz CT molecular complexity index is 829. The lowest BCUT2D eigenvalue weighted by Gasteiger charge is -2.13. The molecule has 0 fully saturated rings. The van der Waals surface area contributed by atoms with Crippen LogP contribution in [0, 0.1) is 0 Å². The van der Waals surface area contributed by atoms with Crippen molar-refractivity contribution in [2.24, 2.45) is 0 Å². The molecule has 0 saturated carbocycles. The highest BCUT2D eigenvalue weighted by molar-refractivity contribution is 7.14. The fourth-order valence-electron chi connectivity index (χ4n) is 2.44. The summed E-state index contributed by atoms with van der Waals surface area (Å²) in [6.45, 7) is 4.62. The van der Waals surface area contributed by atoms with Crippen molar-refractivity contribution in [2.75, 3.05) is 0 Å². The number of rotatable bonds is 7. The van der Waals surface area contributed by atoms with E-state index in [0.29, 0.717) is 12.1 Å². The molecule has 1 atom stereocenters. The minimum atomic E-state index is -0.118. The van der Waals surface area contributed by atoms with Crippen LogP contribution < -0.4 is 5.32 Å². The molecule has 1 N–H and O–H groups in total. The molecule has 25 heavy (non-hydrogen) atoms. The van der Waals surface area contributed by atoms with Crippen molar-refractivity contribution in [3.8, 4) is 10.6 Å². The van der Waals surface area contributed by atoms with E-state index < -0.39 is 0 Å². The zero-order chi connectivity index (χ0) is 17.6. The number of nitrogens with one attached hydrogen (secondary N) is 1. The summed E-state index contributed by atoms with van der Waals surface area (Å²) in [6, 6.07) is 7.41. The molecule has 8 heteroatoms. The number of hydrogen-bond acceptors (Lipinski definition) is 6. The van der Waals surface area contributed by atoms with Crippen LogP contribution in [0.1, 0.15) is 35.6 Å². The summed E-state index contributed by atoms with van der Waals surface area (Å²) in [5, 5.41) is 17.3. The number of benzene rings is 1. The van der Waals surface area contributed by atoms with Crippen molar-refractivity contribution in [1.82, 2.24) is 30.3 Å². The van der Waals surface area contributed by atoms with Crippen molar-refractivity contribution in [3.63, 3.8) is 0 Å². The van der Waals surface area contributed by atoms with Gasteiger partial charge in [-0.15, -0.1) is 10.2 Å². The largest absolute Gasteiger partial charge is 0.348 e. The lowest BCUT2D eigenvalue weighted by atomic mass is 10.1. The van der Waals surface area contributed by atoms with Crippen LogP contribution in [0.2, 0.25) is 0 Å². The summed E-state index contributed by atoms with van der Waals surface area (Å²) < 4.78 is 1.69. The normalized spacial score (nSPS) is 12.1. The van der Waals surface area contributed by atoms with Crippen LogP contribution >= 0.6 is 11.3 Å². The van der Waals surface area contributed by atoms with E-state index in [1.807, 2.05) is 25.1 Å². The SMILES string of the molecule is CCCc1nnc(-c2cccc(C(=O)NC(C)Cn3cncn3)c2)s1. The number of amides is 1. The predicted molar refractivity (Wildman–Crippen MR) is 96.3 cm³/mol. The van der Waals surface area contributed by atoms with Gasteiger partial charge in [-0.05, 0) is 25.5 Å². The molecule has 0 bridgehead atoms. The Morgan fingerprint density at radius 3 is 3.00 bits per heavy atom. The second-order valence-electron chi connectivity index (χ2n) is 5.82. The van der Waals surface area contributed by atoms with Gasteiger partial charge in [0.1, 0.15) is 22.7 Å². The number of nitrogens with zero attached hydrogens (tertiary/aromatic N) is 5. The van der Waals surface area contributed by atoms with Gasteiger partial charge in [0.25, 0.3) is 5.91 Å². The minimum absolute atomic E-state index is 0.0597. The van der Waals surface area contributed by atoms with E-state index in [1.165, 1.54) is 6.33 Å². The molecule has 3 rings (SSSR count). The Kier molecular flexibility index (Phi) is 5.49. The Labute approximate surface area is 150 Å². The summed E-state index contributed by atoms with van der Waals surface area (Å²) >= 11 is 1.58. The molecule has 3 aromatic rings. The molecule has 0 saturated heterocycles. The maximum atomic E-state index is 12.5. The van der Waals surface area contributed by atoms with Crippen LogP contribution in [0.3, 0.4) is 0 Å². The van der Waals surface area contributed by atoms with Crippen LogP contribution in [-0.2, 0) is 13.0 Å². The lowest BCUT2D eigenvalue weighted by Crippen LogP contribution is -2.35. The quantitative estimate of drug-likeness (QED) is 0.703. The van der Waals surface area contributed by atoms with E-state index in [4.69, 9.17) is 0 Å². The topological polar surface area (TPSA) is 85.6 Å². The van der Waals surface area contributed by atoms with Crippen LogP contribution in [-0.4, -0.2) is 36.9 Å². The first-order valence-corrected chi connectivity index (χ1v) is 9.03. The molecule has 0 aliphatic heterocycles.